The molecule has 16 heavy (non-hydrogen) atoms. The zero-order valence-electron chi connectivity index (χ0n) is 10.9. The van der Waals surface area contributed by atoms with Crippen molar-refractivity contribution >= 4 is 0 Å². The summed E-state index contributed by atoms with van der Waals surface area (Å²) in [4.78, 5) is 5.35. The molecule has 0 spiro atoms. The van der Waals surface area contributed by atoms with Gasteiger partial charge in [-0.25, -0.2) is 0 Å². The van der Waals surface area contributed by atoms with Crippen LogP contribution in [0.3, 0.4) is 0 Å². The first-order chi connectivity index (χ1) is 7.72. The summed E-state index contributed by atoms with van der Waals surface area (Å²) in [5, 5.41) is 0. The lowest BCUT2D eigenvalue weighted by molar-refractivity contribution is 0.0201. The third-order valence-electron chi connectivity index (χ3n) is 4.64. The second-order valence-electron chi connectivity index (χ2n) is 5.63. The predicted molar refractivity (Wildman–Crippen MR) is 68.5 cm³/mol. The molecule has 0 radical (unpaired) electrons. The summed E-state index contributed by atoms with van der Waals surface area (Å²) in [6, 6.07) is 1.48. The minimum Gasteiger partial charge on any atom is -0.330 e. The van der Waals surface area contributed by atoms with E-state index < -0.39 is 0 Å². The topological polar surface area (TPSA) is 32.5 Å². The van der Waals surface area contributed by atoms with Gasteiger partial charge in [0, 0.05) is 31.7 Å². The van der Waals surface area contributed by atoms with Crippen LogP contribution in [0.15, 0.2) is 0 Å². The fraction of sp³-hybridized carbons (Fsp3) is 1.00. The predicted octanol–water partition coefficient (Wildman–Crippen LogP) is 1.14. The maximum Gasteiger partial charge on any atom is 0.0223 e. The molecule has 3 unspecified atom stereocenters. The van der Waals surface area contributed by atoms with Crippen molar-refractivity contribution in [3.8, 4) is 0 Å². The van der Waals surface area contributed by atoms with Gasteiger partial charge in [0.15, 0.2) is 0 Å². The second-order valence-corrected chi connectivity index (χ2v) is 5.63. The van der Waals surface area contributed by atoms with E-state index >= 15 is 0 Å². The minimum absolute atomic E-state index is 0.621. The number of piperidine rings is 1. The van der Waals surface area contributed by atoms with Gasteiger partial charge in [0.1, 0.15) is 0 Å². The molecule has 3 nitrogen and oxygen atoms in total. The monoisotopic (exact) mass is 225 g/mol. The van der Waals surface area contributed by atoms with Crippen LogP contribution in [0.5, 0.6) is 0 Å². The lowest BCUT2D eigenvalue weighted by atomic mass is 9.96. The van der Waals surface area contributed by atoms with Crippen LogP contribution in [-0.4, -0.2) is 54.6 Å². The van der Waals surface area contributed by atoms with E-state index in [4.69, 9.17) is 5.73 Å². The van der Waals surface area contributed by atoms with Gasteiger partial charge in [0.25, 0.3) is 0 Å². The van der Waals surface area contributed by atoms with E-state index in [1.165, 1.54) is 45.4 Å². The fourth-order valence-electron chi connectivity index (χ4n) is 3.11. The highest BCUT2D eigenvalue weighted by molar-refractivity contribution is 4.88. The molecule has 2 rings (SSSR count). The van der Waals surface area contributed by atoms with E-state index in [9.17, 15) is 0 Å². The van der Waals surface area contributed by atoms with Crippen LogP contribution in [0.25, 0.3) is 0 Å². The average Bonchev–Trinajstić information content (AvgIpc) is 2.36. The van der Waals surface area contributed by atoms with Gasteiger partial charge in [0.05, 0.1) is 0 Å². The standard InChI is InChI=1S/C13H27N3/c1-11(9-14)12(2)16-8-7-15-6-4-3-5-13(15)10-16/h11-13H,3-10,14H2,1-2H3. The lowest BCUT2D eigenvalue weighted by Crippen LogP contribution is -2.58. The number of piperazine rings is 1. The fourth-order valence-corrected chi connectivity index (χ4v) is 3.11. The molecule has 0 aromatic heterocycles. The van der Waals surface area contributed by atoms with Gasteiger partial charge >= 0.3 is 0 Å². The first-order valence-corrected chi connectivity index (χ1v) is 6.90. The van der Waals surface area contributed by atoms with Crippen molar-refractivity contribution in [3.05, 3.63) is 0 Å². The maximum absolute atomic E-state index is 5.77. The van der Waals surface area contributed by atoms with Crippen molar-refractivity contribution in [1.29, 1.82) is 0 Å². The molecule has 0 saturated carbocycles. The summed E-state index contributed by atoms with van der Waals surface area (Å²) >= 11 is 0. The summed E-state index contributed by atoms with van der Waals surface area (Å²) in [5.41, 5.74) is 5.77. The third kappa shape index (κ3) is 2.58. The van der Waals surface area contributed by atoms with E-state index in [1.807, 2.05) is 0 Å². The highest BCUT2D eigenvalue weighted by Crippen LogP contribution is 2.23. The Kier molecular flexibility index (Phi) is 4.22. The number of nitrogens with zero attached hydrogens (tertiary/aromatic N) is 2. The summed E-state index contributed by atoms with van der Waals surface area (Å²) in [7, 11) is 0. The number of rotatable bonds is 3. The van der Waals surface area contributed by atoms with Crippen LogP contribution in [-0.2, 0) is 0 Å². The van der Waals surface area contributed by atoms with Gasteiger partial charge in [-0.3, -0.25) is 9.80 Å². The van der Waals surface area contributed by atoms with E-state index in [-0.39, 0.29) is 0 Å². The Hall–Kier alpha value is -0.120. The van der Waals surface area contributed by atoms with E-state index in [0.717, 1.165) is 12.6 Å². The molecular formula is C13H27N3. The third-order valence-corrected chi connectivity index (χ3v) is 4.64. The summed E-state index contributed by atoms with van der Waals surface area (Å²) < 4.78 is 0. The van der Waals surface area contributed by atoms with Crippen molar-refractivity contribution in [2.75, 3.05) is 32.7 Å². The van der Waals surface area contributed by atoms with Gasteiger partial charge in [-0.15, -0.1) is 0 Å². The van der Waals surface area contributed by atoms with Crippen molar-refractivity contribution in [1.82, 2.24) is 9.80 Å². The van der Waals surface area contributed by atoms with Gasteiger partial charge in [-0.05, 0) is 38.8 Å². The van der Waals surface area contributed by atoms with Crippen LogP contribution in [0.4, 0.5) is 0 Å². The molecule has 3 atom stereocenters. The average molecular weight is 225 g/mol. The number of hydrogen-bond donors (Lipinski definition) is 1. The summed E-state index contributed by atoms with van der Waals surface area (Å²) in [6.07, 6.45) is 4.24. The van der Waals surface area contributed by atoms with Gasteiger partial charge in [-0.2, -0.15) is 0 Å². The zero-order valence-corrected chi connectivity index (χ0v) is 10.9. The molecule has 0 aromatic rings. The molecule has 2 saturated heterocycles. The normalized spacial score (nSPS) is 32.1. The van der Waals surface area contributed by atoms with Gasteiger partial charge in [0.2, 0.25) is 0 Å². The maximum atomic E-state index is 5.77. The number of nitrogens with two attached hydrogens (primary N) is 1. The Morgan fingerprint density at radius 2 is 2.00 bits per heavy atom. The molecule has 0 bridgehead atoms. The first kappa shape index (κ1) is 12.3. The Bertz CT molecular complexity index is 219. The van der Waals surface area contributed by atoms with Crippen LogP contribution < -0.4 is 5.73 Å². The highest BCUT2D eigenvalue weighted by atomic mass is 15.3. The number of hydrogen-bond acceptors (Lipinski definition) is 3. The quantitative estimate of drug-likeness (QED) is 0.782. The Labute approximate surface area is 100.0 Å². The molecule has 2 aliphatic heterocycles. The van der Waals surface area contributed by atoms with E-state index in [1.54, 1.807) is 0 Å². The van der Waals surface area contributed by atoms with Crippen molar-refractivity contribution in [2.45, 2.75) is 45.2 Å². The molecule has 0 aliphatic carbocycles. The first-order valence-electron chi connectivity index (χ1n) is 6.90. The van der Waals surface area contributed by atoms with Gasteiger partial charge < -0.3 is 5.73 Å². The van der Waals surface area contributed by atoms with Gasteiger partial charge in [-0.1, -0.05) is 13.3 Å². The summed E-state index contributed by atoms with van der Waals surface area (Å²) in [6.45, 7) is 10.5. The largest absolute Gasteiger partial charge is 0.330 e. The van der Waals surface area contributed by atoms with Crippen molar-refractivity contribution in [2.24, 2.45) is 11.7 Å². The molecule has 2 fully saturated rings. The molecule has 94 valence electrons. The molecule has 0 amide bonds. The molecule has 2 N–H and O–H groups in total. The molecule has 2 heterocycles. The lowest BCUT2D eigenvalue weighted by Gasteiger charge is -2.47. The second kappa shape index (κ2) is 5.48. The van der Waals surface area contributed by atoms with Crippen LogP contribution in [0, 0.1) is 5.92 Å². The van der Waals surface area contributed by atoms with Crippen LogP contribution in [0.2, 0.25) is 0 Å². The van der Waals surface area contributed by atoms with Crippen LogP contribution >= 0.6 is 0 Å². The van der Waals surface area contributed by atoms with Crippen molar-refractivity contribution < 1.29 is 0 Å². The molecule has 2 aliphatic rings. The smallest absolute Gasteiger partial charge is 0.0223 e. The van der Waals surface area contributed by atoms with Crippen LogP contribution in [0.1, 0.15) is 33.1 Å². The highest BCUT2D eigenvalue weighted by Gasteiger charge is 2.31. The van der Waals surface area contributed by atoms with Crippen molar-refractivity contribution in [3.63, 3.8) is 0 Å². The zero-order chi connectivity index (χ0) is 11.5. The Morgan fingerprint density at radius 3 is 2.75 bits per heavy atom. The molecular weight excluding hydrogens is 198 g/mol. The van der Waals surface area contributed by atoms with E-state index in [2.05, 4.69) is 23.6 Å². The summed E-state index contributed by atoms with van der Waals surface area (Å²) in [5.74, 6) is 0.621. The molecule has 0 aromatic carbocycles. The SMILES string of the molecule is CC(CN)C(C)N1CCN2CCCCC2C1. The Morgan fingerprint density at radius 1 is 1.19 bits per heavy atom. The Balaban J connectivity index is 1.89. The minimum atomic E-state index is 0.621. The number of fused-ring (bicyclic) bond motifs is 1. The molecule has 3 heteroatoms. The van der Waals surface area contributed by atoms with E-state index in [0.29, 0.717) is 12.0 Å².